The Morgan fingerprint density at radius 1 is 1.08 bits per heavy atom. The van der Waals surface area contributed by atoms with Gasteiger partial charge in [0, 0.05) is 24.8 Å². The molecule has 134 valence electrons. The van der Waals surface area contributed by atoms with Crippen molar-refractivity contribution in [1.82, 2.24) is 5.01 Å². The van der Waals surface area contributed by atoms with Crippen molar-refractivity contribution in [3.63, 3.8) is 0 Å². The first-order valence-electron chi connectivity index (χ1n) is 8.72. The zero-order chi connectivity index (χ0) is 17.8. The fraction of sp³-hybridized carbons (Fsp3) is 0.300. The van der Waals surface area contributed by atoms with E-state index in [4.69, 9.17) is 19.6 Å². The Balaban J connectivity index is 1.50. The van der Waals surface area contributed by atoms with Gasteiger partial charge in [-0.2, -0.15) is 5.10 Å². The number of amidine groups is 1. The molecule has 0 aromatic heterocycles. The van der Waals surface area contributed by atoms with Crippen LogP contribution in [0, 0.1) is 0 Å². The predicted molar refractivity (Wildman–Crippen MR) is 106 cm³/mol. The number of aliphatic imine (C=N–C) groups is 1. The first-order valence-corrected chi connectivity index (χ1v) is 9.70. The summed E-state index contributed by atoms with van der Waals surface area (Å²) < 4.78 is 11.5. The van der Waals surface area contributed by atoms with Crippen LogP contribution in [0.1, 0.15) is 17.5 Å². The van der Waals surface area contributed by atoms with E-state index in [9.17, 15) is 0 Å². The van der Waals surface area contributed by atoms with Gasteiger partial charge in [-0.15, -0.1) is 0 Å². The molecule has 26 heavy (non-hydrogen) atoms. The summed E-state index contributed by atoms with van der Waals surface area (Å²) in [5, 5.41) is 7.51. The highest BCUT2D eigenvalue weighted by Crippen LogP contribution is 2.31. The van der Waals surface area contributed by atoms with Crippen molar-refractivity contribution >= 4 is 22.6 Å². The van der Waals surface area contributed by atoms with Gasteiger partial charge in [-0.25, -0.2) is 5.01 Å². The molecule has 0 amide bonds. The third-order valence-corrected chi connectivity index (χ3v) is 5.28. The fourth-order valence-corrected chi connectivity index (χ4v) is 3.73. The first-order chi connectivity index (χ1) is 12.8. The third kappa shape index (κ3) is 3.85. The summed E-state index contributed by atoms with van der Waals surface area (Å²) in [5.74, 6) is 2.41. The van der Waals surface area contributed by atoms with E-state index in [2.05, 4.69) is 12.1 Å². The molecule has 5 nitrogen and oxygen atoms in total. The summed E-state index contributed by atoms with van der Waals surface area (Å²) in [7, 11) is 1.94. The van der Waals surface area contributed by atoms with Crippen molar-refractivity contribution in [2.75, 3.05) is 26.0 Å². The molecule has 4 rings (SSSR count). The minimum Gasteiger partial charge on any atom is -0.490 e. The number of fused-ring (bicyclic) bond motifs is 1. The maximum atomic E-state index is 5.79. The van der Waals surface area contributed by atoms with Crippen molar-refractivity contribution in [2.45, 2.75) is 13.0 Å². The Kier molecular flexibility index (Phi) is 5.11. The van der Waals surface area contributed by atoms with E-state index < -0.39 is 0 Å². The molecule has 6 heteroatoms. The summed E-state index contributed by atoms with van der Waals surface area (Å²) in [5.41, 5.74) is 3.29. The number of hydrogen-bond acceptors (Lipinski definition) is 5. The molecule has 2 aromatic rings. The molecule has 0 atom stereocenters. The molecule has 0 saturated heterocycles. The lowest BCUT2D eigenvalue weighted by Crippen LogP contribution is -2.27. The van der Waals surface area contributed by atoms with E-state index in [0.717, 1.165) is 40.1 Å². The normalized spacial score (nSPS) is 18.4. The van der Waals surface area contributed by atoms with E-state index >= 15 is 0 Å². The summed E-state index contributed by atoms with van der Waals surface area (Å²) in [6.07, 6.45) is 0.908. The van der Waals surface area contributed by atoms with Crippen molar-refractivity contribution in [1.29, 1.82) is 0 Å². The average Bonchev–Trinajstić information content (AvgIpc) is 2.92. The van der Waals surface area contributed by atoms with Gasteiger partial charge in [0.1, 0.15) is 0 Å². The molecule has 0 N–H and O–H groups in total. The van der Waals surface area contributed by atoms with Gasteiger partial charge in [0.2, 0.25) is 0 Å². The Morgan fingerprint density at radius 2 is 1.88 bits per heavy atom. The topological polar surface area (TPSA) is 46.4 Å². The zero-order valence-corrected chi connectivity index (χ0v) is 15.5. The minimum atomic E-state index is 0.669. The smallest absolute Gasteiger partial charge is 0.180 e. The van der Waals surface area contributed by atoms with Crippen LogP contribution in [0.15, 0.2) is 58.6 Å². The van der Waals surface area contributed by atoms with E-state index in [1.807, 2.05) is 48.5 Å². The quantitative estimate of drug-likeness (QED) is 0.828. The Hall–Kier alpha value is -2.47. The summed E-state index contributed by atoms with van der Waals surface area (Å²) in [4.78, 5) is 4.70. The lowest BCUT2D eigenvalue weighted by atomic mass is 10.1. The van der Waals surface area contributed by atoms with Crippen LogP contribution in [-0.2, 0) is 6.54 Å². The number of ether oxygens (including phenoxy) is 2. The van der Waals surface area contributed by atoms with Gasteiger partial charge in [-0.05, 0) is 23.8 Å². The van der Waals surface area contributed by atoms with E-state index in [-0.39, 0.29) is 0 Å². The molecule has 2 aliphatic heterocycles. The molecule has 2 aliphatic rings. The molecule has 0 radical (unpaired) electrons. The number of thioether (sulfide) groups is 1. The standard InChI is InChI=1S/C20H21N3O2S/c1-23-20(21-13-15-6-3-2-4-7-15)26-14-17(22-23)16-8-9-18-19(12-16)25-11-5-10-24-18/h2-4,6-9,12H,5,10-11,13-14H2,1H3. The van der Waals surface area contributed by atoms with Crippen LogP contribution in [0.2, 0.25) is 0 Å². The molecule has 0 aliphatic carbocycles. The van der Waals surface area contributed by atoms with Crippen LogP contribution in [0.3, 0.4) is 0 Å². The van der Waals surface area contributed by atoms with Gasteiger partial charge in [-0.3, -0.25) is 4.99 Å². The SMILES string of the molecule is CN1N=C(c2ccc3c(c2)OCCCO3)CSC1=NCc1ccccc1. The second-order valence-corrected chi connectivity index (χ2v) is 7.10. The van der Waals surface area contributed by atoms with Crippen molar-refractivity contribution < 1.29 is 9.47 Å². The van der Waals surface area contributed by atoms with Crippen LogP contribution < -0.4 is 9.47 Å². The zero-order valence-electron chi connectivity index (χ0n) is 14.7. The van der Waals surface area contributed by atoms with Gasteiger partial charge in [-0.1, -0.05) is 42.1 Å². The highest BCUT2D eigenvalue weighted by molar-refractivity contribution is 8.14. The predicted octanol–water partition coefficient (Wildman–Crippen LogP) is 3.79. The fourth-order valence-electron chi connectivity index (χ4n) is 2.85. The van der Waals surface area contributed by atoms with Crippen molar-refractivity contribution in [2.24, 2.45) is 10.1 Å². The van der Waals surface area contributed by atoms with Gasteiger partial charge in [0.05, 0.1) is 25.5 Å². The summed E-state index contributed by atoms with van der Waals surface area (Å²) in [6, 6.07) is 16.3. The number of nitrogens with zero attached hydrogens (tertiary/aromatic N) is 3. The second kappa shape index (κ2) is 7.83. The lowest BCUT2D eigenvalue weighted by Gasteiger charge is -2.23. The molecule has 0 bridgehead atoms. The van der Waals surface area contributed by atoms with Crippen LogP contribution in [0.25, 0.3) is 0 Å². The highest BCUT2D eigenvalue weighted by atomic mass is 32.2. The number of rotatable bonds is 3. The second-order valence-electron chi connectivity index (χ2n) is 6.16. The van der Waals surface area contributed by atoms with E-state index in [0.29, 0.717) is 19.8 Å². The highest BCUT2D eigenvalue weighted by Gasteiger charge is 2.19. The minimum absolute atomic E-state index is 0.669. The van der Waals surface area contributed by atoms with Crippen LogP contribution in [0.4, 0.5) is 0 Å². The van der Waals surface area contributed by atoms with Crippen molar-refractivity contribution in [3.8, 4) is 11.5 Å². The van der Waals surface area contributed by atoms with Gasteiger partial charge in [0.15, 0.2) is 16.7 Å². The molecule has 0 spiro atoms. The van der Waals surface area contributed by atoms with Gasteiger partial charge in [0.25, 0.3) is 0 Å². The Bertz CT molecular complexity index is 836. The number of hydrogen-bond donors (Lipinski definition) is 0. The molecule has 0 saturated carbocycles. The average molecular weight is 367 g/mol. The maximum Gasteiger partial charge on any atom is 0.180 e. The van der Waals surface area contributed by atoms with Crippen LogP contribution in [-0.4, -0.2) is 41.9 Å². The summed E-state index contributed by atoms with van der Waals surface area (Å²) >= 11 is 1.71. The van der Waals surface area contributed by atoms with Crippen molar-refractivity contribution in [3.05, 3.63) is 59.7 Å². The first kappa shape index (κ1) is 17.0. The number of hydrazone groups is 1. The van der Waals surface area contributed by atoms with E-state index in [1.54, 1.807) is 11.8 Å². The maximum absolute atomic E-state index is 5.79. The largest absolute Gasteiger partial charge is 0.490 e. The summed E-state index contributed by atoms with van der Waals surface area (Å²) in [6.45, 7) is 2.06. The molecular weight excluding hydrogens is 346 g/mol. The van der Waals surface area contributed by atoms with E-state index in [1.165, 1.54) is 5.56 Å². The lowest BCUT2D eigenvalue weighted by molar-refractivity contribution is 0.297. The monoisotopic (exact) mass is 367 g/mol. The van der Waals surface area contributed by atoms with Gasteiger partial charge >= 0.3 is 0 Å². The number of benzene rings is 2. The molecule has 0 unspecified atom stereocenters. The Labute approximate surface area is 157 Å². The molecule has 2 aromatic carbocycles. The molecular formula is C20H21N3O2S. The third-order valence-electron chi connectivity index (χ3n) is 4.21. The Morgan fingerprint density at radius 3 is 2.69 bits per heavy atom. The van der Waals surface area contributed by atoms with Crippen LogP contribution in [0.5, 0.6) is 11.5 Å². The molecule has 0 fully saturated rings. The van der Waals surface area contributed by atoms with Gasteiger partial charge < -0.3 is 9.47 Å². The molecule has 2 heterocycles. The van der Waals surface area contributed by atoms with Crippen LogP contribution >= 0.6 is 11.8 Å².